The van der Waals surface area contributed by atoms with Crippen molar-refractivity contribution in [1.29, 1.82) is 0 Å². The van der Waals surface area contributed by atoms with Gasteiger partial charge in [0, 0.05) is 16.6 Å². The molecular weight excluding hydrogens is 456 g/mol. The lowest BCUT2D eigenvalue weighted by atomic mass is 10.1. The summed E-state index contributed by atoms with van der Waals surface area (Å²) < 4.78 is 12.4. The number of carbonyl (C=O) groups is 1. The molecule has 1 aliphatic heterocycles. The Morgan fingerprint density at radius 1 is 1.10 bits per heavy atom. The van der Waals surface area contributed by atoms with E-state index >= 15 is 0 Å². The smallest absolute Gasteiger partial charge is 0.254 e. The highest BCUT2D eigenvalue weighted by Gasteiger charge is 2.34. The predicted octanol–water partition coefficient (Wildman–Crippen LogP) is 6.24. The van der Waals surface area contributed by atoms with Crippen LogP contribution in [0, 0.1) is 0 Å². The Kier molecular flexibility index (Phi) is 5.24. The molecule has 3 aromatic carbocycles. The summed E-state index contributed by atoms with van der Waals surface area (Å²) >= 11 is 3.42. The average molecular weight is 477 g/mol. The van der Waals surface area contributed by atoms with Crippen molar-refractivity contribution in [2.75, 3.05) is 13.7 Å². The number of hydrogen-bond donors (Lipinski definition) is 0. The first-order valence-electron chi connectivity index (χ1n) is 10.2. The fourth-order valence-electron chi connectivity index (χ4n) is 4.09. The molecule has 4 aromatic rings. The van der Waals surface area contributed by atoms with E-state index in [1.165, 1.54) is 0 Å². The first-order valence-corrected chi connectivity index (χ1v) is 11.0. The molecule has 31 heavy (non-hydrogen) atoms. The van der Waals surface area contributed by atoms with Crippen LogP contribution >= 0.6 is 15.9 Å². The molecule has 1 fully saturated rings. The molecule has 1 atom stereocenters. The van der Waals surface area contributed by atoms with Crippen LogP contribution in [0.5, 0.6) is 5.75 Å². The van der Waals surface area contributed by atoms with E-state index < -0.39 is 0 Å². The van der Waals surface area contributed by atoms with Gasteiger partial charge in [0.1, 0.15) is 17.3 Å². The summed E-state index contributed by atoms with van der Waals surface area (Å²) in [4.78, 5) is 19.7. The molecule has 6 heteroatoms. The minimum absolute atomic E-state index is 0.00863. The van der Waals surface area contributed by atoms with E-state index in [2.05, 4.69) is 15.9 Å². The molecule has 1 unspecified atom stereocenters. The van der Waals surface area contributed by atoms with Gasteiger partial charge in [-0.2, -0.15) is 0 Å². The van der Waals surface area contributed by atoms with Gasteiger partial charge >= 0.3 is 0 Å². The second-order valence-electron chi connectivity index (χ2n) is 7.63. The lowest BCUT2D eigenvalue weighted by Gasteiger charge is -2.22. The van der Waals surface area contributed by atoms with Crippen LogP contribution in [0.3, 0.4) is 0 Å². The van der Waals surface area contributed by atoms with Gasteiger partial charge in [-0.05, 0) is 72.5 Å². The average Bonchev–Trinajstić information content (AvgIpc) is 3.45. The maximum atomic E-state index is 13.1. The second-order valence-corrected chi connectivity index (χ2v) is 8.55. The van der Waals surface area contributed by atoms with Crippen LogP contribution in [0.2, 0.25) is 0 Å². The quantitative estimate of drug-likeness (QED) is 0.349. The van der Waals surface area contributed by atoms with Crippen LogP contribution in [0.4, 0.5) is 0 Å². The van der Waals surface area contributed by atoms with Crippen LogP contribution in [-0.4, -0.2) is 29.4 Å². The topological polar surface area (TPSA) is 55.6 Å². The molecule has 0 saturated carbocycles. The first-order chi connectivity index (χ1) is 15.1. The molecule has 0 radical (unpaired) electrons. The summed E-state index contributed by atoms with van der Waals surface area (Å²) in [5.41, 5.74) is 4.29. The van der Waals surface area contributed by atoms with Gasteiger partial charge < -0.3 is 14.1 Å². The summed E-state index contributed by atoms with van der Waals surface area (Å²) in [5.74, 6) is 1.42. The molecule has 1 aromatic heterocycles. The van der Waals surface area contributed by atoms with E-state index in [4.69, 9.17) is 14.1 Å². The Morgan fingerprint density at radius 2 is 1.90 bits per heavy atom. The highest BCUT2D eigenvalue weighted by atomic mass is 79.9. The van der Waals surface area contributed by atoms with Crippen molar-refractivity contribution in [1.82, 2.24) is 9.88 Å². The van der Waals surface area contributed by atoms with Crippen LogP contribution in [0.1, 0.15) is 35.1 Å². The minimum Gasteiger partial charge on any atom is -0.497 e. The number of aromatic nitrogens is 1. The third-order valence-corrected chi connectivity index (χ3v) is 6.23. The lowest BCUT2D eigenvalue weighted by Crippen LogP contribution is -2.30. The number of ether oxygens (including phenoxy) is 1. The molecule has 0 spiro atoms. The molecule has 0 aliphatic carbocycles. The zero-order chi connectivity index (χ0) is 21.4. The van der Waals surface area contributed by atoms with Gasteiger partial charge in [-0.3, -0.25) is 4.79 Å². The van der Waals surface area contributed by atoms with Crippen molar-refractivity contribution < 1.29 is 13.9 Å². The number of benzene rings is 3. The van der Waals surface area contributed by atoms with E-state index in [9.17, 15) is 4.79 Å². The lowest BCUT2D eigenvalue weighted by molar-refractivity contribution is 0.0717. The largest absolute Gasteiger partial charge is 0.497 e. The van der Waals surface area contributed by atoms with E-state index in [0.29, 0.717) is 18.0 Å². The van der Waals surface area contributed by atoms with Crippen molar-refractivity contribution in [2.24, 2.45) is 0 Å². The van der Waals surface area contributed by atoms with Crippen LogP contribution in [0.15, 0.2) is 75.6 Å². The maximum Gasteiger partial charge on any atom is 0.254 e. The van der Waals surface area contributed by atoms with Gasteiger partial charge in [-0.15, -0.1) is 0 Å². The molecular formula is C25H21BrN2O3. The van der Waals surface area contributed by atoms with Crippen molar-refractivity contribution in [3.63, 3.8) is 0 Å². The van der Waals surface area contributed by atoms with E-state index in [1.54, 1.807) is 7.11 Å². The summed E-state index contributed by atoms with van der Waals surface area (Å²) in [6.45, 7) is 0.702. The molecule has 1 aliphatic rings. The zero-order valence-corrected chi connectivity index (χ0v) is 18.6. The van der Waals surface area contributed by atoms with Crippen molar-refractivity contribution in [3.8, 4) is 16.9 Å². The molecule has 0 N–H and O–H groups in total. The zero-order valence-electron chi connectivity index (χ0n) is 17.0. The van der Waals surface area contributed by atoms with Gasteiger partial charge in [-0.25, -0.2) is 4.98 Å². The van der Waals surface area contributed by atoms with Crippen LogP contribution in [-0.2, 0) is 0 Å². The van der Waals surface area contributed by atoms with Gasteiger partial charge in [0.25, 0.3) is 5.91 Å². The summed E-state index contributed by atoms with van der Waals surface area (Å²) in [6.07, 6.45) is 1.78. The van der Waals surface area contributed by atoms with E-state index in [0.717, 1.165) is 45.3 Å². The Bertz CT molecular complexity index is 1250. The number of carbonyl (C=O) groups excluding carboxylic acids is 1. The van der Waals surface area contributed by atoms with Crippen LogP contribution < -0.4 is 4.74 Å². The van der Waals surface area contributed by atoms with Crippen LogP contribution in [0.25, 0.3) is 22.2 Å². The molecule has 156 valence electrons. The summed E-state index contributed by atoms with van der Waals surface area (Å²) in [5, 5.41) is 0. The number of halogens is 1. The Labute approximate surface area is 188 Å². The number of oxazole rings is 1. The number of amides is 1. The third-order valence-electron chi connectivity index (χ3n) is 5.70. The normalized spacial score (nSPS) is 16.1. The van der Waals surface area contributed by atoms with Crippen molar-refractivity contribution >= 4 is 32.9 Å². The van der Waals surface area contributed by atoms with Crippen molar-refractivity contribution in [2.45, 2.75) is 18.9 Å². The summed E-state index contributed by atoms with van der Waals surface area (Å²) in [6, 6.07) is 21.2. The first kappa shape index (κ1) is 19.8. The number of rotatable bonds is 4. The van der Waals surface area contributed by atoms with Gasteiger partial charge in [0.2, 0.25) is 5.89 Å². The monoisotopic (exact) mass is 476 g/mol. The Balaban J connectivity index is 1.45. The second kappa shape index (κ2) is 8.19. The van der Waals surface area contributed by atoms with Gasteiger partial charge in [0.05, 0.1) is 7.11 Å². The van der Waals surface area contributed by atoms with E-state index in [-0.39, 0.29) is 11.9 Å². The standard InChI is InChI=1S/C25H21BrN2O3/c1-30-20-5-2-4-17(14-20)18-9-12-23-21(15-18)27-24(31-23)22-6-3-13-28(22)25(29)16-7-10-19(26)11-8-16/h2,4-5,7-12,14-15,22H,3,6,13H2,1H3. The Morgan fingerprint density at radius 3 is 2.71 bits per heavy atom. The molecule has 1 saturated heterocycles. The van der Waals surface area contributed by atoms with E-state index in [1.807, 2.05) is 71.6 Å². The highest BCUT2D eigenvalue weighted by molar-refractivity contribution is 9.10. The van der Waals surface area contributed by atoms with Gasteiger partial charge in [0.15, 0.2) is 5.58 Å². The third kappa shape index (κ3) is 3.83. The number of methoxy groups -OCH3 is 1. The number of likely N-dealkylation sites (tertiary alicyclic amines) is 1. The predicted molar refractivity (Wildman–Crippen MR) is 123 cm³/mol. The SMILES string of the molecule is COc1cccc(-c2ccc3oc(C4CCCN4C(=O)c4ccc(Br)cc4)nc3c2)c1. The molecule has 5 nitrogen and oxygen atoms in total. The molecule has 1 amide bonds. The van der Waals surface area contributed by atoms with Gasteiger partial charge in [-0.1, -0.05) is 34.1 Å². The molecule has 2 heterocycles. The molecule has 5 rings (SSSR count). The fraction of sp³-hybridized carbons (Fsp3) is 0.200. The number of nitrogens with zero attached hydrogens (tertiary/aromatic N) is 2. The number of fused-ring (bicyclic) bond motifs is 1. The Hall–Kier alpha value is -3.12. The maximum absolute atomic E-state index is 13.1. The highest BCUT2D eigenvalue weighted by Crippen LogP contribution is 2.35. The number of hydrogen-bond acceptors (Lipinski definition) is 4. The van der Waals surface area contributed by atoms with Crippen molar-refractivity contribution in [3.05, 3.63) is 82.7 Å². The minimum atomic E-state index is -0.149. The summed E-state index contributed by atoms with van der Waals surface area (Å²) in [7, 11) is 1.66. The fourth-order valence-corrected chi connectivity index (χ4v) is 4.36. The molecule has 0 bridgehead atoms.